The van der Waals surface area contributed by atoms with E-state index in [2.05, 4.69) is 10.3 Å². The summed E-state index contributed by atoms with van der Waals surface area (Å²) in [5.41, 5.74) is 0.588. The quantitative estimate of drug-likeness (QED) is 0.798. The molecule has 112 valence electrons. The summed E-state index contributed by atoms with van der Waals surface area (Å²) < 4.78 is 1.76. The van der Waals surface area contributed by atoms with Crippen molar-refractivity contribution in [1.82, 2.24) is 14.7 Å². The molecule has 0 radical (unpaired) electrons. The van der Waals surface area contributed by atoms with Crippen LogP contribution in [0.5, 0.6) is 0 Å². The number of nitrogens with one attached hydrogen (secondary N) is 1. The van der Waals surface area contributed by atoms with Gasteiger partial charge in [-0.2, -0.15) is 0 Å². The van der Waals surface area contributed by atoms with Crippen LogP contribution in [0, 0.1) is 0 Å². The second-order valence-corrected chi connectivity index (χ2v) is 5.60. The van der Waals surface area contributed by atoms with E-state index in [0.717, 1.165) is 4.96 Å². The van der Waals surface area contributed by atoms with Crippen LogP contribution in [0.15, 0.2) is 17.7 Å². The number of carboxylic acids is 1. The Bertz CT molecular complexity index is 692. The molecule has 2 N–H and O–H groups in total. The van der Waals surface area contributed by atoms with Gasteiger partial charge >= 0.3 is 5.97 Å². The van der Waals surface area contributed by atoms with E-state index >= 15 is 0 Å². The van der Waals surface area contributed by atoms with Crippen molar-refractivity contribution in [3.05, 3.63) is 28.5 Å². The number of nitrogens with zero attached hydrogens (tertiary/aromatic N) is 2. The van der Waals surface area contributed by atoms with Crippen molar-refractivity contribution >= 4 is 45.9 Å². The van der Waals surface area contributed by atoms with Crippen LogP contribution in [0.2, 0.25) is 5.15 Å². The number of halogens is 1. The topological polar surface area (TPSA) is 83.7 Å². The number of amides is 1. The van der Waals surface area contributed by atoms with Crippen LogP contribution in [0.25, 0.3) is 11.0 Å². The minimum absolute atomic E-state index is 0.300. The Morgan fingerprint density at radius 2 is 2.38 bits per heavy atom. The van der Waals surface area contributed by atoms with Gasteiger partial charge in [0.15, 0.2) is 10.1 Å². The number of thiazole rings is 1. The van der Waals surface area contributed by atoms with Crippen molar-refractivity contribution in [2.24, 2.45) is 0 Å². The molecule has 2 rings (SSSR count). The Kier molecular flexibility index (Phi) is 4.98. The van der Waals surface area contributed by atoms with Gasteiger partial charge in [0.25, 0.3) is 0 Å². The zero-order valence-electron chi connectivity index (χ0n) is 11.2. The molecule has 0 aliphatic heterocycles. The molecule has 1 unspecified atom stereocenters. The van der Waals surface area contributed by atoms with Gasteiger partial charge in [0.1, 0.15) is 6.04 Å². The molecule has 2 heterocycles. The second kappa shape index (κ2) is 6.73. The van der Waals surface area contributed by atoms with Gasteiger partial charge in [-0.1, -0.05) is 24.9 Å². The number of fused-ring (bicyclic) bond motifs is 1. The summed E-state index contributed by atoms with van der Waals surface area (Å²) in [6, 6.07) is -0.880. The summed E-state index contributed by atoms with van der Waals surface area (Å²) in [6.07, 6.45) is 5.64. The number of imidazole rings is 1. The zero-order chi connectivity index (χ0) is 15.4. The summed E-state index contributed by atoms with van der Waals surface area (Å²) in [6.45, 7) is 1.86. The summed E-state index contributed by atoms with van der Waals surface area (Å²) in [4.78, 5) is 27.6. The number of carbonyl (C=O) groups excluding carboxylic acids is 1. The molecule has 21 heavy (non-hydrogen) atoms. The SMILES string of the molecule is CCCC(NC(=O)/C=C/c1c(Cl)nc2sccn12)C(=O)O. The van der Waals surface area contributed by atoms with E-state index in [-0.39, 0.29) is 0 Å². The van der Waals surface area contributed by atoms with Gasteiger partial charge in [0.2, 0.25) is 5.91 Å². The molecular weight excluding hydrogens is 314 g/mol. The minimum Gasteiger partial charge on any atom is -0.480 e. The van der Waals surface area contributed by atoms with Crippen LogP contribution < -0.4 is 5.32 Å². The molecular formula is C13H14ClN3O3S. The van der Waals surface area contributed by atoms with Gasteiger partial charge in [-0.25, -0.2) is 9.78 Å². The first kappa shape index (κ1) is 15.5. The second-order valence-electron chi connectivity index (χ2n) is 4.36. The van der Waals surface area contributed by atoms with Crippen LogP contribution >= 0.6 is 22.9 Å². The van der Waals surface area contributed by atoms with E-state index in [9.17, 15) is 9.59 Å². The Morgan fingerprint density at radius 1 is 1.62 bits per heavy atom. The van der Waals surface area contributed by atoms with Crippen LogP contribution in [0.3, 0.4) is 0 Å². The molecule has 6 nitrogen and oxygen atoms in total. The van der Waals surface area contributed by atoms with Crippen molar-refractivity contribution in [3.8, 4) is 0 Å². The van der Waals surface area contributed by atoms with Gasteiger partial charge in [0, 0.05) is 17.7 Å². The summed E-state index contributed by atoms with van der Waals surface area (Å²) in [7, 11) is 0. The average Bonchev–Trinajstić information content (AvgIpc) is 2.96. The van der Waals surface area contributed by atoms with Gasteiger partial charge in [-0.15, -0.1) is 11.3 Å². The average molecular weight is 328 g/mol. The van der Waals surface area contributed by atoms with Crippen LogP contribution in [-0.2, 0) is 9.59 Å². The monoisotopic (exact) mass is 327 g/mol. The van der Waals surface area contributed by atoms with Crippen molar-refractivity contribution in [2.75, 3.05) is 0 Å². The van der Waals surface area contributed by atoms with E-state index in [1.807, 2.05) is 12.3 Å². The van der Waals surface area contributed by atoms with Gasteiger partial charge in [-0.05, 0) is 12.5 Å². The first-order valence-corrected chi connectivity index (χ1v) is 7.61. The van der Waals surface area contributed by atoms with E-state index < -0.39 is 17.9 Å². The van der Waals surface area contributed by atoms with Crippen LogP contribution in [0.1, 0.15) is 25.5 Å². The Morgan fingerprint density at radius 3 is 3.05 bits per heavy atom. The number of aromatic nitrogens is 2. The standard InChI is InChI=1S/C13H14ClN3O3S/c1-2-3-8(12(19)20)15-10(18)5-4-9-11(14)16-13-17(9)6-7-21-13/h4-8H,2-3H2,1H3,(H,15,18)(H,19,20)/b5-4+. The lowest BCUT2D eigenvalue weighted by Crippen LogP contribution is -2.39. The highest BCUT2D eigenvalue weighted by atomic mass is 35.5. The highest BCUT2D eigenvalue weighted by Gasteiger charge is 2.17. The third kappa shape index (κ3) is 3.62. The van der Waals surface area contributed by atoms with E-state index in [4.69, 9.17) is 16.7 Å². The maximum absolute atomic E-state index is 11.8. The maximum atomic E-state index is 11.8. The molecule has 0 saturated carbocycles. The lowest BCUT2D eigenvalue weighted by Gasteiger charge is -2.11. The number of carboxylic acid groups (broad SMARTS) is 1. The van der Waals surface area contributed by atoms with Crippen molar-refractivity contribution in [2.45, 2.75) is 25.8 Å². The Labute approximate surface area is 130 Å². The molecule has 0 bridgehead atoms. The third-order valence-electron chi connectivity index (χ3n) is 2.84. The number of hydrogen-bond donors (Lipinski definition) is 2. The fraction of sp³-hybridized carbons (Fsp3) is 0.308. The molecule has 8 heteroatoms. The largest absolute Gasteiger partial charge is 0.480 e. The van der Waals surface area contributed by atoms with Crippen LogP contribution in [0.4, 0.5) is 0 Å². The van der Waals surface area contributed by atoms with Crippen LogP contribution in [-0.4, -0.2) is 32.4 Å². The highest BCUT2D eigenvalue weighted by Crippen LogP contribution is 2.22. The Hall–Kier alpha value is -1.86. The minimum atomic E-state index is -1.04. The molecule has 2 aromatic rings. The number of rotatable bonds is 6. The molecule has 2 aromatic heterocycles. The lowest BCUT2D eigenvalue weighted by molar-refractivity contribution is -0.141. The van der Waals surface area contributed by atoms with E-state index in [1.54, 1.807) is 10.6 Å². The van der Waals surface area contributed by atoms with Gasteiger partial charge in [-0.3, -0.25) is 9.20 Å². The van der Waals surface area contributed by atoms with Crippen molar-refractivity contribution in [1.29, 1.82) is 0 Å². The normalized spacial score (nSPS) is 12.9. The molecule has 1 atom stereocenters. The molecule has 0 aromatic carbocycles. The fourth-order valence-corrected chi connectivity index (χ4v) is 2.85. The molecule has 0 spiro atoms. The molecule has 0 aliphatic carbocycles. The van der Waals surface area contributed by atoms with Crippen molar-refractivity contribution in [3.63, 3.8) is 0 Å². The smallest absolute Gasteiger partial charge is 0.326 e. The lowest BCUT2D eigenvalue weighted by atomic mass is 10.1. The summed E-state index contributed by atoms with van der Waals surface area (Å²) in [5, 5.41) is 13.6. The number of aliphatic carboxylic acids is 1. The van der Waals surface area contributed by atoms with E-state index in [1.165, 1.54) is 23.5 Å². The maximum Gasteiger partial charge on any atom is 0.326 e. The molecule has 1 amide bonds. The Balaban J connectivity index is 2.09. The number of carbonyl (C=O) groups is 2. The zero-order valence-corrected chi connectivity index (χ0v) is 12.8. The van der Waals surface area contributed by atoms with Gasteiger partial charge in [0.05, 0.1) is 5.69 Å². The number of hydrogen-bond acceptors (Lipinski definition) is 4. The van der Waals surface area contributed by atoms with Crippen molar-refractivity contribution < 1.29 is 14.7 Å². The molecule has 0 saturated heterocycles. The van der Waals surface area contributed by atoms with E-state index in [0.29, 0.717) is 23.7 Å². The van der Waals surface area contributed by atoms with Gasteiger partial charge < -0.3 is 10.4 Å². The fourth-order valence-electron chi connectivity index (χ4n) is 1.85. The third-order valence-corrected chi connectivity index (χ3v) is 3.87. The summed E-state index contributed by atoms with van der Waals surface area (Å²) >= 11 is 7.43. The molecule has 0 fully saturated rings. The first-order valence-electron chi connectivity index (χ1n) is 6.35. The summed E-state index contributed by atoms with van der Waals surface area (Å²) in [5.74, 6) is -1.52. The first-order chi connectivity index (χ1) is 10.0. The highest BCUT2D eigenvalue weighted by molar-refractivity contribution is 7.15. The molecule has 0 aliphatic rings. The predicted molar refractivity (Wildman–Crippen MR) is 81.6 cm³/mol. The predicted octanol–water partition coefficient (Wildman–Crippen LogP) is 2.43.